The molecule has 14 nitrogen and oxygen atoms in total. The van der Waals surface area contributed by atoms with Crippen LogP contribution in [-0.4, -0.2) is 82.4 Å². The normalized spacial score (nSPS) is 13.1. The number of alkyl carbamates (subject to hydrolysis) is 2. The smallest absolute Gasteiger partial charge is 0.475 e. The Balaban J connectivity index is 2.60. The van der Waals surface area contributed by atoms with Gasteiger partial charge >= 0.3 is 25.3 Å². The van der Waals surface area contributed by atoms with Crippen molar-refractivity contribution in [3.05, 3.63) is 35.9 Å². The Morgan fingerprint density at radius 3 is 2.15 bits per heavy atom. The van der Waals surface area contributed by atoms with Crippen molar-refractivity contribution >= 4 is 37.1 Å². The SMILES string of the molecule is CC(NC(=O)C(CCCCNC(=O)OCc1ccccc1)NC(=O)CCC(NC(=O)OC(C)(C)C)C(=O)O)B(O)O. The summed E-state index contributed by atoms with van der Waals surface area (Å²) in [5.74, 6) is -3.70. The van der Waals surface area contributed by atoms with Gasteiger partial charge in [-0.2, -0.15) is 0 Å². The molecule has 0 saturated carbocycles. The van der Waals surface area contributed by atoms with Gasteiger partial charge in [-0.15, -0.1) is 0 Å². The van der Waals surface area contributed by atoms with E-state index >= 15 is 0 Å². The summed E-state index contributed by atoms with van der Waals surface area (Å²) in [4.78, 5) is 60.6. The van der Waals surface area contributed by atoms with Gasteiger partial charge in [0.25, 0.3) is 0 Å². The highest BCUT2D eigenvalue weighted by molar-refractivity contribution is 6.43. The molecule has 0 aliphatic carbocycles. The molecule has 0 aliphatic rings. The number of aliphatic carboxylic acids is 1. The molecule has 3 unspecified atom stereocenters. The van der Waals surface area contributed by atoms with Crippen LogP contribution < -0.4 is 21.3 Å². The Morgan fingerprint density at radius 1 is 0.902 bits per heavy atom. The Labute approximate surface area is 239 Å². The fourth-order valence-corrected chi connectivity index (χ4v) is 3.36. The van der Waals surface area contributed by atoms with Crippen LogP contribution in [0.5, 0.6) is 0 Å². The van der Waals surface area contributed by atoms with Gasteiger partial charge in [0.2, 0.25) is 11.8 Å². The van der Waals surface area contributed by atoms with Crippen molar-refractivity contribution < 1.29 is 48.6 Å². The molecule has 0 heterocycles. The second-order valence-electron chi connectivity index (χ2n) is 10.4. The summed E-state index contributed by atoms with van der Waals surface area (Å²) in [7, 11) is -1.82. The van der Waals surface area contributed by atoms with Gasteiger partial charge in [-0.05, 0) is 58.9 Å². The van der Waals surface area contributed by atoms with Crippen LogP contribution in [0.25, 0.3) is 0 Å². The number of nitrogens with one attached hydrogen (secondary N) is 4. The van der Waals surface area contributed by atoms with Gasteiger partial charge in [0.05, 0.1) is 5.94 Å². The first-order chi connectivity index (χ1) is 19.2. The highest BCUT2D eigenvalue weighted by Crippen LogP contribution is 2.09. The molecule has 228 valence electrons. The van der Waals surface area contributed by atoms with Gasteiger partial charge in [-0.1, -0.05) is 30.3 Å². The molecule has 15 heteroatoms. The van der Waals surface area contributed by atoms with Crippen LogP contribution in [0.2, 0.25) is 0 Å². The van der Waals surface area contributed by atoms with Crippen LogP contribution in [0, 0.1) is 0 Å². The lowest BCUT2D eigenvalue weighted by Gasteiger charge is -2.23. The first kappa shape index (κ1) is 35.2. The molecule has 0 radical (unpaired) electrons. The number of unbranched alkanes of at least 4 members (excludes halogenated alkanes) is 1. The monoisotopic (exact) mass is 580 g/mol. The zero-order valence-electron chi connectivity index (χ0n) is 23.8. The van der Waals surface area contributed by atoms with E-state index in [1.165, 1.54) is 6.92 Å². The lowest BCUT2D eigenvalue weighted by Crippen LogP contribution is -2.53. The molecule has 0 aromatic heterocycles. The number of carbonyl (C=O) groups excluding carboxylic acids is 4. The summed E-state index contributed by atoms with van der Waals surface area (Å²) in [6.45, 7) is 6.58. The van der Waals surface area contributed by atoms with Crippen LogP contribution in [0.15, 0.2) is 30.3 Å². The number of carboxylic acids is 1. The third kappa shape index (κ3) is 16.1. The number of carboxylic acid groups (broad SMARTS) is 1. The summed E-state index contributed by atoms with van der Waals surface area (Å²) < 4.78 is 10.2. The van der Waals surface area contributed by atoms with Gasteiger partial charge < -0.3 is 45.9 Å². The van der Waals surface area contributed by atoms with Crippen molar-refractivity contribution in [1.29, 1.82) is 0 Å². The maximum Gasteiger partial charge on any atom is 0.475 e. The van der Waals surface area contributed by atoms with E-state index in [2.05, 4.69) is 21.3 Å². The molecule has 4 amide bonds. The average molecular weight is 580 g/mol. The molecular formula is C26H41BN4O10. The number of hydrogen-bond acceptors (Lipinski definition) is 9. The first-order valence-corrected chi connectivity index (χ1v) is 13.3. The van der Waals surface area contributed by atoms with E-state index in [1.54, 1.807) is 20.8 Å². The van der Waals surface area contributed by atoms with Crippen LogP contribution in [0.4, 0.5) is 9.59 Å². The third-order valence-electron chi connectivity index (χ3n) is 5.52. The summed E-state index contributed by atoms with van der Waals surface area (Å²) >= 11 is 0. The van der Waals surface area contributed by atoms with Crippen molar-refractivity contribution in [2.45, 2.75) is 90.0 Å². The van der Waals surface area contributed by atoms with Crippen LogP contribution in [0.3, 0.4) is 0 Å². The molecule has 1 aromatic rings. The Kier molecular flexibility index (Phi) is 15.2. The summed E-state index contributed by atoms with van der Waals surface area (Å²) in [6, 6.07) is 6.68. The second-order valence-corrected chi connectivity index (χ2v) is 10.4. The van der Waals surface area contributed by atoms with Gasteiger partial charge in [0.1, 0.15) is 24.3 Å². The zero-order chi connectivity index (χ0) is 31.0. The topological polar surface area (TPSA) is 213 Å². The molecule has 1 rings (SSSR count). The van der Waals surface area contributed by atoms with E-state index < -0.39 is 60.7 Å². The van der Waals surface area contributed by atoms with E-state index in [-0.39, 0.29) is 32.4 Å². The van der Waals surface area contributed by atoms with E-state index in [4.69, 9.17) is 9.47 Å². The maximum atomic E-state index is 12.7. The molecule has 41 heavy (non-hydrogen) atoms. The standard InChI is InChI=1S/C26H41BN4O10/c1-17(27(38)39)29-22(33)19(12-8-9-15-28-24(36)40-16-18-10-6-5-7-11-18)30-21(32)14-13-20(23(34)35)31-25(37)41-26(2,3)4/h5-7,10-11,17,19-20,38-39H,8-9,12-16H2,1-4H3,(H,28,36)(H,29,33)(H,30,32)(H,31,37)(H,34,35). The minimum Gasteiger partial charge on any atom is -0.480 e. The van der Waals surface area contributed by atoms with Crippen LogP contribution >= 0.6 is 0 Å². The fourth-order valence-electron chi connectivity index (χ4n) is 3.36. The number of ether oxygens (including phenoxy) is 2. The molecule has 1 aromatic carbocycles. The van der Waals surface area contributed by atoms with Crippen molar-refractivity contribution in [1.82, 2.24) is 21.3 Å². The maximum absolute atomic E-state index is 12.7. The highest BCUT2D eigenvalue weighted by Gasteiger charge is 2.28. The van der Waals surface area contributed by atoms with Crippen molar-refractivity contribution in [2.24, 2.45) is 0 Å². The lowest BCUT2D eigenvalue weighted by atomic mass is 9.81. The van der Waals surface area contributed by atoms with Gasteiger partial charge in [-0.25, -0.2) is 14.4 Å². The minimum atomic E-state index is -1.82. The van der Waals surface area contributed by atoms with E-state index in [9.17, 15) is 39.1 Å². The van der Waals surface area contributed by atoms with Crippen LogP contribution in [0.1, 0.15) is 65.4 Å². The summed E-state index contributed by atoms with van der Waals surface area (Å²) in [6.07, 6.45) is -1.17. The third-order valence-corrected chi connectivity index (χ3v) is 5.52. The number of amides is 4. The van der Waals surface area contributed by atoms with Gasteiger partial charge in [0, 0.05) is 13.0 Å². The first-order valence-electron chi connectivity index (χ1n) is 13.3. The largest absolute Gasteiger partial charge is 0.480 e. The number of hydrogen-bond donors (Lipinski definition) is 7. The summed E-state index contributed by atoms with van der Waals surface area (Å²) in [5.41, 5.74) is -0.00712. The lowest BCUT2D eigenvalue weighted by molar-refractivity contribution is -0.140. The Morgan fingerprint density at radius 2 is 1.56 bits per heavy atom. The zero-order valence-corrected chi connectivity index (χ0v) is 23.8. The molecular weight excluding hydrogens is 539 g/mol. The van der Waals surface area contributed by atoms with E-state index in [1.807, 2.05) is 30.3 Å². The predicted molar refractivity (Wildman–Crippen MR) is 148 cm³/mol. The number of rotatable bonds is 16. The predicted octanol–water partition coefficient (Wildman–Crippen LogP) is 0.843. The second kappa shape index (κ2) is 17.8. The number of benzene rings is 1. The van der Waals surface area contributed by atoms with E-state index in [0.29, 0.717) is 12.8 Å². The molecule has 0 bridgehead atoms. The van der Waals surface area contributed by atoms with Crippen LogP contribution in [-0.2, 0) is 30.5 Å². The number of carbonyl (C=O) groups is 5. The fraction of sp³-hybridized carbons (Fsp3) is 0.577. The van der Waals surface area contributed by atoms with Gasteiger partial charge in [0.15, 0.2) is 0 Å². The van der Waals surface area contributed by atoms with Gasteiger partial charge in [-0.3, -0.25) is 9.59 Å². The average Bonchev–Trinajstić information content (AvgIpc) is 2.88. The molecule has 3 atom stereocenters. The quantitative estimate of drug-likeness (QED) is 0.108. The van der Waals surface area contributed by atoms with Crippen molar-refractivity contribution in [3.8, 4) is 0 Å². The van der Waals surface area contributed by atoms with Crippen molar-refractivity contribution in [3.63, 3.8) is 0 Å². The molecule has 0 fully saturated rings. The molecule has 0 aliphatic heterocycles. The molecule has 7 N–H and O–H groups in total. The Hall–Kier alpha value is -3.85. The van der Waals surface area contributed by atoms with E-state index in [0.717, 1.165) is 5.56 Å². The van der Waals surface area contributed by atoms with Crippen molar-refractivity contribution in [2.75, 3.05) is 6.54 Å². The Bertz CT molecular complexity index is 1000. The highest BCUT2D eigenvalue weighted by atomic mass is 16.6. The molecule has 0 saturated heterocycles. The minimum absolute atomic E-state index is 0.117. The summed E-state index contributed by atoms with van der Waals surface area (Å²) in [5, 5.41) is 37.7. The molecule has 0 spiro atoms.